The average Bonchev–Trinajstić information content (AvgIpc) is 2.98. The minimum Gasteiger partial charge on any atom is -0.324 e. The minimum absolute atomic E-state index is 0.177. The van der Waals surface area contributed by atoms with E-state index in [1.807, 2.05) is 41.9 Å². The van der Waals surface area contributed by atoms with Gasteiger partial charge in [-0.05, 0) is 25.1 Å². The number of amides is 1. The monoisotopic (exact) mass is 406 g/mol. The van der Waals surface area contributed by atoms with Crippen molar-refractivity contribution in [2.24, 2.45) is 7.05 Å². The van der Waals surface area contributed by atoms with E-state index in [1.165, 1.54) is 11.8 Å². The maximum Gasteiger partial charge on any atom is 0.237 e. The fourth-order valence-electron chi connectivity index (χ4n) is 2.29. The Labute approximate surface area is 165 Å². The standard InChI is InChI=1S/C18H16Cl2N4OS/c1-11(17(25)21-15-9-8-13(19)10-14(15)20)26-18-23-22-16(24(18)2)12-6-4-3-5-7-12/h3-11H,1-2H3,(H,21,25)/t11-/m0/s1. The molecule has 1 atom stereocenters. The number of nitrogens with zero attached hydrogens (tertiary/aromatic N) is 3. The Bertz CT molecular complexity index is 930. The lowest BCUT2D eigenvalue weighted by Gasteiger charge is -2.12. The van der Waals surface area contributed by atoms with Gasteiger partial charge in [0.15, 0.2) is 11.0 Å². The van der Waals surface area contributed by atoms with E-state index in [0.29, 0.717) is 20.9 Å². The maximum absolute atomic E-state index is 12.5. The van der Waals surface area contributed by atoms with Gasteiger partial charge in [-0.3, -0.25) is 4.79 Å². The van der Waals surface area contributed by atoms with Crippen molar-refractivity contribution in [2.75, 3.05) is 5.32 Å². The second-order valence-corrected chi connectivity index (χ2v) is 7.76. The topological polar surface area (TPSA) is 59.8 Å². The highest BCUT2D eigenvalue weighted by atomic mass is 35.5. The van der Waals surface area contributed by atoms with Crippen LogP contribution < -0.4 is 5.32 Å². The third kappa shape index (κ3) is 4.20. The molecule has 0 unspecified atom stereocenters. The van der Waals surface area contributed by atoms with Gasteiger partial charge in [0.1, 0.15) is 0 Å². The van der Waals surface area contributed by atoms with Gasteiger partial charge in [0.25, 0.3) is 0 Å². The summed E-state index contributed by atoms with van der Waals surface area (Å²) in [5.41, 5.74) is 1.50. The van der Waals surface area contributed by atoms with Crippen LogP contribution in [0.15, 0.2) is 53.7 Å². The Balaban J connectivity index is 1.71. The first-order chi connectivity index (χ1) is 12.5. The fourth-order valence-corrected chi connectivity index (χ4v) is 3.56. The van der Waals surface area contributed by atoms with Crippen molar-refractivity contribution in [3.8, 4) is 11.4 Å². The molecule has 26 heavy (non-hydrogen) atoms. The van der Waals surface area contributed by atoms with Crippen molar-refractivity contribution in [3.05, 3.63) is 58.6 Å². The van der Waals surface area contributed by atoms with Crippen LogP contribution in [0.1, 0.15) is 6.92 Å². The van der Waals surface area contributed by atoms with E-state index < -0.39 is 0 Å². The molecule has 5 nitrogen and oxygen atoms in total. The van der Waals surface area contributed by atoms with Crippen LogP contribution in [-0.4, -0.2) is 25.9 Å². The number of benzene rings is 2. The SMILES string of the molecule is C[C@H](Sc1nnc(-c2ccccc2)n1C)C(=O)Nc1ccc(Cl)cc1Cl. The van der Waals surface area contributed by atoms with Gasteiger partial charge in [-0.2, -0.15) is 0 Å². The lowest BCUT2D eigenvalue weighted by atomic mass is 10.2. The predicted octanol–water partition coefficient (Wildman–Crippen LogP) is 4.91. The number of halogens is 2. The Morgan fingerprint density at radius 2 is 1.88 bits per heavy atom. The molecular formula is C18H16Cl2N4OS. The molecule has 3 rings (SSSR count). The molecule has 0 saturated heterocycles. The third-order valence-corrected chi connectivity index (χ3v) is 5.39. The molecule has 134 valence electrons. The molecule has 3 aromatic rings. The van der Waals surface area contributed by atoms with E-state index >= 15 is 0 Å². The van der Waals surface area contributed by atoms with Crippen molar-refractivity contribution in [1.82, 2.24) is 14.8 Å². The molecule has 2 aromatic carbocycles. The van der Waals surface area contributed by atoms with Gasteiger partial charge >= 0.3 is 0 Å². The molecule has 0 fully saturated rings. The van der Waals surface area contributed by atoms with Gasteiger partial charge in [-0.25, -0.2) is 0 Å². The van der Waals surface area contributed by atoms with E-state index in [-0.39, 0.29) is 11.2 Å². The van der Waals surface area contributed by atoms with Crippen LogP contribution in [0.3, 0.4) is 0 Å². The van der Waals surface area contributed by atoms with Gasteiger partial charge in [0.2, 0.25) is 5.91 Å². The summed E-state index contributed by atoms with van der Waals surface area (Å²) >= 11 is 13.3. The number of hydrogen-bond acceptors (Lipinski definition) is 4. The molecule has 0 spiro atoms. The van der Waals surface area contributed by atoms with Gasteiger partial charge < -0.3 is 9.88 Å². The Morgan fingerprint density at radius 3 is 2.58 bits per heavy atom. The van der Waals surface area contributed by atoms with Gasteiger partial charge in [0.05, 0.1) is 16.0 Å². The van der Waals surface area contributed by atoms with Crippen LogP contribution in [0.25, 0.3) is 11.4 Å². The summed E-state index contributed by atoms with van der Waals surface area (Å²) in [5.74, 6) is 0.574. The number of hydrogen-bond donors (Lipinski definition) is 1. The third-order valence-electron chi connectivity index (χ3n) is 3.71. The Morgan fingerprint density at radius 1 is 1.15 bits per heavy atom. The first kappa shape index (κ1) is 18.8. The molecule has 8 heteroatoms. The molecule has 0 bridgehead atoms. The first-order valence-electron chi connectivity index (χ1n) is 7.83. The van der Waals surface area contributed by atoms with Crippen LogP contribution in [0.5, 0.6) is 0 Å². The summed E-state index contributed by atoms with van der Waals surface area (Å²) < 4.78 is 1.87. The van der Waals surface area contributed by atoms with Crippen molar-refractivity contribution in [1.29, 1.82) is 0 Å². The summed E-state index contributed by atoms with van der Waals surface area (Å²) in [6.07, 6.45) is 0. The molecule has 1 aromatic heterocycles. The number of rotatable bonds is 5. The lowest BCUT2D eigenvalue weighted by Crippen LogP contribution is -2.23. The van der Waals surface area contributed by atoms with Gasteiger partial charge in [0, 0.05) is 17.6 Å². The zero-order valence-electron chi connectivity index (χ0n) is 14.1. The highest BCUT2D eigenvalue weighted by Crippen LogP contribution is 2.28. The molecular weight excluding hydrogens is 391 g/mol. The molecule has 1 heterocycles. The highest BCUT2D eigenvalue weighted by Gasteiger charge is 2.20. The van der Waals surface area contributed by atoms with E-state index in [9.17, 15) is 4.79 Å². The number of anilines is 1. The van der Waals surface area contributed by atoms with Crippen molar-refractivity contribution in [2.45, 2.75) is 17.3 Å². The number of aromatic nitrogens is 3. The van der Waals surface area contributed by atoms with Crippen LogP contribution in [-0.2, 0) is 11.8 Å². The van der Waals surface area contributed by atoms with Gasteiger partial charge in [-0.1, -0.05) is 65.3 Å². The average molecular weight is 407 g/mol. The quantitative estimate of drug-likeness (QED) is 0.611. The normalized spacial score (nSPS) is 12.0. The van der Waals surface area contributed by atoms with Gasteiger partial charge in [-0.15, -0.1) is 10.2 Å². The number of thioether (sulfide) groups is 1. The van der Waals surface area contributed by atoms with E-state index in [2.05, 4.69) is 15.5 Å². The predicted molar refractivity (Wildman–Crippen MR) is 107 cm³/mol. The Hall–Kier alpha value is -2.02. The molecule has 0 aliphatic rings. The number of carbonyl (C=O) groups is 1. The van der Waals surface area contributed by atoms with Crippen LogP contribution in [0, 0.1) is 0 Å². The molecule has 0 aliphatic heterocycles. The summed E-state index contributed by atoms with van der Waals surface area (Å²) in [5, 5.41) is 12.4. The van der Waals surface area contributed by atoms with Crippen molar-refractivity contribution >= 4 is 46.6 Å². The molecule has 0 aliphatic carbocycles. The number of nitrogens with one attached hydrogen (secondary N) is 1. The van der Waals surface area contributed by atoms with Crippen molar-refractivity contribution in [3.63, 3.8) is 0 Å². The second-order valence-electron chi connectivity index (χ2n) is 5.60. The number of carbonyl (C=O) groups excluding carboxylic acids is 1. The van der Waals surface area contributed by atoms with E-state index in [4.69, 9.17) is 23.2 Å². The lowest BCUT2D eigenvalue weighted by molar-refractivity contribution is -0.115. The highest BCUT2D eigenvalue weighted by molar-refractivity contribution is 8.00. The van der Waals surface area contributed by atoms with Crippen LogP contribution >= 0.6 is 35.0 Å². The van der Waals surface area contributed by atoms with Crippen LogP contribution in [0.2, 0.25) is 10.0 Å². The maximum atomic E-state index is 12.5. The Kier molecular flexibility index (Phi) is 5.86. The van der Waals surface area contributed by atoms with E-state index in [0.717, 1.165) is 11.4 Å². The smallest absolute Gasteiger partial charge is 0.237 e. The minimum atomic E-state index is -0.381. The second kappa shape index (κ2) is 8.12. The summed E-state index contributed by atoms with van der Waals surface area (Å²) in [7, 11) is 1.88. The zero-order chi connectivity index (χ0) is 18.7. The zero-order valence-corrected chi connectivity index (χ0v) is 16.4. The van der Waals surface area contributed by atoms with Crippen LogP contribution in [0.4, 0.5) is 5.69 Å². The summed E-state index contributed by atoms with van der Waals surface area (Å²) in [4.78, 5) is 12.5. The molecule has 1 amide bonds. The fraction of sp³-hybridized carbons (Fsp3) is 0.167. The summed E-state index contributed by atoms with van der Waals surface area (Å²) in [6.45, 7) is 1.81. The molecule has 1 N–H and O–H groups in total. The summed E-state index contributed by atoms with van der Waals surface area (Å²) in [6, 6.07) is 14.7. The first-order valence-corrected chi connectivity index (χ1v) is 9.46. The molecule has 0 saturated carbocycles. The molecule has 0 radical (unpaired) electrons. The largest absolute Gasteiger partial charge is 0.324 e. The van der Waals surface area contributed by atoms with Crippen molar-refractivity contribution < 1.29 is 4.79 Å². The van der Waals surface area contributed by atoms with E-state index in [1.54, 1.807) is 25.1 Å².